The Labute approximate surface area is 161 Å². The van der Waals surface area contributed by atoms with Crippen LogP contribution in [0, 0.1) is 26.1 Å². The molecule has 0 aromatic rings. The molecule has 0 saturated heterocycles. The normalized spacial score (nSPS) is 23.8. The van der Waals surface area contributed by atoms with E-state index in [-0.39, 0.29) is 29.8 Å². The highest BCUT2D eigenvalue weighted by Crippen LogP contribution is 2.32. The van der Waals surface area contributed by atoms with Gasteiger partial charge >= 0.3 is 0 Å². The van der Waals surface area contributed by atoms with Crippen molar-refractivity contribution in [2.24, 2.45) is 16.0 Å². The van der Waals surface area contributed by atoms with Crippen LogP contribution in [0.2, 0.25) is 0 Å². The van der Waals surface area contributed by atoms with Crippen molar-refractivity contribution in [3.05, 3.63) is 65.5 Å². The first-order chi connectivity index (χ1) is 13.1. The van der Waals surface area contributed by atoms with Crippen LogP contribution in [0.25, 0.3) is 10.4 Å². The van der Waals surface area contributed by atoms with E-state index in [1.165, 1.54) is 12.4 Å². The first-order valence-electron chi connectivity index (χ1n) is 8.35. The lowest BCUT2D eigenvalue weighted by Crippen LogP contribution is -2.50. The van der Waals surface area contributed by atoms with Crippen LogP contribution in [0.4, 0.5) is 0 Å². The summed E-state index contributed by atoms with van der Waals surface area (Å²) >= 11 is 0. The molecule has 2 unspecified atom stereocenters. The number of hydrogen-bond acceptors (Lipinski definition) is 8. The molecule has 2 aliphatic rings. The zero-order chi connectivity index (χ0) is 21.5. The number of hydrogen-bond donors (Lipinski definition) is 1. The van der Waals surface area contributed by atoms with Gasteiger partial charge in [-0.3, -0.25) is 25.2 Å². The van der Waals surface area contributed by atoms with Crippen LogP contribution in [0.5, 0.6) is 0 Å². The van der Waals surface area contributed by atoms with E-state index in [9.17, 15) is 20.2 Å². The van der Waals surface area contributed by atoms with Crippen molar-refractivity contribution < 1.29 is 15.0 Å². The molecule has 2 rings (SSSR count). The maximum absolute atomic E-state index is 11.1. The molecule has 0 aromatic carbocycles. The smallest absolute Gasteiger partial charge is 0.274 e. The molecule has 0 bridgehead atoms. The van der Waals surface area contributed by atoms with Gasteiger partial charge in [0.25, 0.3) is 11.2 Å². The highest BCUT2D eigenvalue weighted by atomic mass is 16.6. The molecule has 12 heteroatoms. The van der Waals surface area contributed by atoms with Crippen LogP contribution < -0.4 is 0 Å². The van der Waals surface area contributed by atoms with Gasteiger partial charge in [-0.2, -0.15) is 0 Å². The van der Waals surface area contributed by atoms with Crippen molar-refractivity contribution >= 4 is 6.21 Å². The molecule has 12 nitrogen and oxygen atoms in total. The van der Waals surface area contributed by atoms with E-state index in [0.29, 0.717) is 23.3 Å². The quantitative estimate of drug-likeness (QED) is 0.247. The van der Waals surface area contributed by atoms with E-state index >= 15 is 0 Å². The second-order valence-corrected chi connectivity index (χ2v) is 6.56. The van der Waals surface area contributed by atoms with E-state index < -0.39 is 10.5 Å². The van der Waals surface area contributed by atoms with Crippen molar-refractivity contribution in [2.45, 2.75) is 33.2 Å². The number of nitrogens with zero attached hydrogens (tertiary/aromatic N) is 7. The number of allylic oxidation sites excluding steroid dienone is 1. The summed E-state index contributed by atoms with van der Waals surface area (Å²) in [5, 5.41) is 33.9. The molecular formula is C16H23N7O5. The average Bonchev–Trinajstić information content (AvgIpc) is 2.61. The summed E-state index contributed by atoms with van der Waals surface area (Å²) in [6.07, 6.45) is 4.55. The molecule has 0 fully saturated rings. The van der Waals surface area contributed by atoms with Crippen LogP contribution in [-0.4, -0.2) is 51.4 Å². The molecule has 2 heterocycles. The third kappa shape index (κ3) is 4.72. The van der Waals surface area contributed by atoms with Crippen LogP contribution >= 0.6 is 0 Å². The molecule has 28 heavy (non-hydrogen) atoms. The molecule has 0 radical (unpaired) electrons. The number of aliphatic hydroxyl groups excluding tert-OH is 1. The lowest BCUT2D eigenvalue weighted by molar-refractivity contribution is -0.561. The van der Waals surface area contributed by atoms with Crippen molar-refractivity contribution in [1.82, 2.24) is 4.90 Å². The zero-order valence-corrected chi connectivity index (χ0v) is 16.1. The molecule has 1 N–H and O–H groups in total. The van der Waals surface area contributed by atoms with Crippen LogP contribution in [0.15, 0.2) is 44.9 Å². The topological polar surface area (TPSA) is 171 Å². The van der Waals surface area contributed by atoms with Gasteiger partial charge in [0, 0.05) is 51.7 Å². The molecule has 2 aliphatic heterocycles. The number of rotatable bonds is 5. The Balaban J connectivity index is 0.000000283. The van der Waals surface area contributed by atoms with Crippen molar-refractivity contribution in [1.29, 1.82) is 0 Å². The van der Waals surface area contributed by atoms with Crippen LogP contribution in [-0.2, 0) is 0 Å². The first kappa shape index (κ1) is 22.8. The van der Waals surface area contributed by atoms with E-state index in [4.69, 9.17) is 10.6 Å². The molecular weight excluding hydrogens is 370 g/mol. The molecule has 152 valence electrons. The van der Waals surface area contributed by atoms with E-state index in [1.807, 2.05) is 0 Å². The molecule has 0 amide bonds. The van der Waals surface area contributed by atoms with Gasteiger partial charge in [0.2, 0.25) is 0 Å². The summed E-state index contributed by atoms with van der Waals surface area (Å²) in [5.41, 5.74) is 8.85. The molecule has 2 atom stereocenters. The van der Waals surface area contributed by atoms with Crippen molar-refractivity contribution in [2.75, 3.05) is 19.8 Å². The number of aliphatic imine (C=N–C) groups is 1. The number of aliphatic hydroxyl groups is 1. The molecule has 0 spiro atoms. The Kier molecular flexibility index (Phi) is 7.84. The fourth-order valence-electron chi connectivity index (χ4n) is 3.14. The second kappa shape index (κ2) is 9.62. The fourth-order valence-corrected chi connectivity index (χ4v) is 3.14. The van der Waals surface area contributed by atoms with Crippen molar-refractivity contribution in [3.63, 3.8) is 0 Å². The van der Waals surface area contributed by atoms with Gasteiger partial charge in [0.05, 0.1) is 10.8 Å². The second-order valence-electron chi connectivity index (χ2n) is 6.56. The van der Waals surface area contributed by atoms with Gasteiger partial charge in [0.1, 0.15) is 13.3 Å². The molecule has 0 aromatic heterocycles. The molecule has 0 saturated carbocycles. The minimum Gasteiger partial charge on any atom is -0.376 e. The predicted octanol–water partition coefficient (Wildman–Crippen LogP) is 2.64. The summed E-state index contributed by atoms with van der Waals surface area (Å²) in [7, 11) is 0. The lowest BCUT2D eigenvalue weighted by Gasteiger charge is -2.29. The maximum atomic E-state index is 11.1. The van der Waals surface area contributed by atoms with Gasteiger partial charge < -0.3 is 10.0 Å². The van der Waals surface area contributed by atoms with Gasteiger partial charge in [-0.1, -0.05) is 12.0 Å². The highest BCUT2D eigenvalue weighted by molar-refractivity contribution is 5.66. The SMILES string of the molecule is CC1=CN(CO)CC(C)=C1[N+](=O)[O-].CC1=CN=CC(C)C1(CN=[N+]=[N-])[N+](=O)[O-]. The van der Waals surface area contributed by atoms with Gasteiger partial charge in [0.15, 0.2) is 0 Å². The monoisotopic (exact) mass is 393 g/mol. The third-order valence-electron chi connectivity index (χ3n) is 4.67. The largest absolute Gasteiger partial charge is 0.376 e. The average molecular weight is 393 g/mol. The minimum absolute atomic E-state index is 0.111. The first-order valence-corrected chi connectivity index (χ1v) is 8.35. The van der Waals surface area contributed by atoms with Crippen LogP contribution in [0.3, 0.4) is 0 Å². The standard InChI is InChI=1S/C8H11N5O2.C8H12N2O3/c1-6-3-10-4-7(2)8(6,13(14)15)5-11-12-9;1-6-3-9(5-11)4-7(2)8(6)10(12)13/h3-4,6H,5H2,1-2H3;3,11H,4-5H2,1-2H3. The summed E-state index contributed by atoms with van der Waals surface area (Å²) < 4.78 is 0. The summed E-state index contributed by atoms with van der Waals surface area (Å²) in [6.45, 7) is 6.81. The predicted molar refractivity (Wildman–Crippen MR) is 102 cm³/mol. The Morgan fingerprint density at radius 3 is 2.50 bits per heavy atom. The van der Waals surface area contributed by atoms with Crippen LogP contribution in [0.1, 0.15) is 27.7 Å². The van der Waals surface area contributed by atoms with Gasteiger partial charge in [-0.05, 0) is 26.3 Å². The Morgan fingerprint density at radius 2 is 2.07 bits per heavy atom. The van der Waals surface area contributed by atoms with Gasteiger partial charge in [-0.15, -0.1) is 0 Å². The fraction of sp³-hybridized carbons (Fsp3) is 0.562. The number of azide groups is 1. The van der Waals surface area contributed by atoms with E-state index in [2.05, 4.69) is 15.0 Å². The zero-order valence-electron chi connectivity index (χ0n) is 16.1. The van der Waals surface area contributed by atoms with Gasteiger partial charge in [-0.25, -0.2) is 0 Å². The van der Waals surface area contributed by atoms with Crippen molar-refractivity contribution in [3.8, 4) is 0 Å². The van der Waals surface area contributed by atoms with E-state index in [0.717, 1.165) is 0 Å². The molecule has 0 aliphatic carbocycles. The highest BCUT2D eigenvalue weighted by Gasteiger charge is 2.50. The van der Waals surface area contributed by atoms with E-state index in [1.54, 1.807) is 38.8 Å². The number of nitro groups is 2. The summed E-state index contributed by atoms with van der Waals surface area (Å²) in [6, 6.07) is 0. The Hall–Kier alpha value is -3.24. The lowest BCUT2D eigenvalue weighted by atomic mass is 9.79. The minimum atomic E-state index is -1.34. The third-order valence-corrected chi connectivity index (χ3v) is 4.67. The Morgan fingerprint density at radius 1 is 1.43 bits per heavy atom. The summed E-state index contributed by atoms with van der Waals surface area (Å²) in [4.78, 5) is 29.0. The Bertz CT molecular complexity index is 810. The maximum Gasteiger partial charge on any atom is 0.274 e. The summed E-state index contributed by atoms with van der Waals surface area (Å²) in [5.74, 6) is -0.386.